The zero-order chi connectivity index (χ0) is 17.4. The third kappa shape index (κ3) is 4.89. The molecule has 0 radical (unpaired) electrons. The fourth-order valence-electron chi connectivity index (χ4n) is 2.30. The Bertz CT molecular complexity index is 706. The predicted octanol–water partition coefficient (Wildman–Crippen LogP) is 3.80. The van der Waals surface area contributed by atoms with Crippen LogP contribution in [0.15, 0.2) is 61.2 Å². The van der Waals surface area contributed by atoms with E-state index >= 15 is 0 Å². The van der Waals surface area contributed by atoms with Crippen molar-refractivity contribution in [3.05, 3.63) is 82.7 Å². The number of nitro benzene ring substituents is 1. The Morgan fingerprint density at radius 3 is 2.62 bits per heavy atom. The zero-order valence-electron chi connectivity index (χ0n) is 13.2. The summed E-state index contributed by atoms with van der Waals surface area (Å²) in [5, 5.41) is 11.0. The highest BCUT2D eigenvalue weighted by Crippen LogP contribution is 2.25. The number of hydrogen-bond acceptors (Lipinski definition) is 4. The number of para-hydroxylation sites is 2. The minimum Gasteiger partial charge on any atom is -0.485 e. The molecule has 24 heavy (non-hydrogen) atoms. The Kier molecular flexibility index (Phi) is 6.45. The van der Waals surface area contributed by atoms with Gasteiger partial charge in [0, 0.05) is 31.3 Å². The first-order chi connectivity index (χ1) is 11.6. The second-order valence-corrected chi connectivity index (χ2v) is 5.19. The smallest absolute Gasteiger partial charge is 0.310 e. The molecular formula is C18H19FN2O3. The van der Waals surface area contributed by atoms with Gasteiger partial charge in [-0.2, -0.15) is 0 Å². The third-order valence-corrected chi connectivity index (χ3v) is 3.47. The van der Waals surface area contributed by atoms with Crippen molar-refractivity contribution in [2.75, 3.05) is 19.7 Å². The van der Waals surface area contributed by atoms with E-state index in [0.29, 0.717) is 25.2 Å². The number of benzene rings is 2. The molecule has 0 spiro atoms. The lowest BCUT2D eigenvalue weighted by molar-refractivity contribution is -0.385. The Labute approximate surface area is 140 Å². The molecule has 0 aliphatic carbocycles. The van der Waals surface area contributed by atoms with Crippen LogP contribution >= 0.6 is 0 Å². The molecule has 0 N–H and O–H groups in total. The number of ether oxygens (including phenoxy) is 1. The molecule has 0 aromatic heterocycles. The SMILES string of the molecule is C=CCN(CCOc1ccccc1[N+](=O)[O-])Cc1ccccc1F. The molecule has 2 aromatic rings. The topological polar surface area (TPSA) is 55.6 Å². The van der Waals surface area contributed by atoms with Crippen LogP contribution in [0.1, 0.15) is 5.56 Å². The maximum atomic E-state index is 13.8. The minimum absolute atomic E-state index is 0.0677. The van der Waals surface area contributed by atoms with Crippen molar-refractivity contribution in [3.63, 3.8) is 0 Å². The molecule has 0 atom stereocenters. The highest BCUT2D eigenvalue weighted by atomic mass is 19.1. The summed E-state index contributed by atoms with van der Waals surface area (Å²) in [6, 6.07) is 12.8. The van der Waals surface area contributed by atoms with E-state index in [0.717, 1.165) is 0 Å². The van der Waals surface area contributed by atoms with Gasteiger partial charge in [-0.1, -0.05) is 36.4 Å². The molecule has 5 nitrogen and oxygen atoms in total. The predicted molar refractivity (Wildman–Crippen MR) is 90.5 cm³/mol. The van der Waals surface area contributed by atoms with Crippen molar-refractivity contribution in [1.82, 2.24) is 4.90 Å². The highest BCUT2D eigenvalue weighted by molar-refractivity contribution is 5.45. The number of hydrogen-bond donors (Lipinski definition) is 0. The van der Waals surface area contributed by atoms with Crippen LogP contribution in [-0.4, -0.2) is 29.5 Å². The third-order valence-electron chi connectivity index (χ3n) is 3.47. The molecule has 0 aliphatic heterocycles. The van der Waals surface area contributed by atoms with Gasteiger partial charge in [-0.25, -0.2) is 4.39 Å². The van der Waals surface area contributed by atoms with E-state index < -0.39 is 4.92 Å². The molecule has 0 saturated heterocycles. The summed E-state index contributed by atoms with van der Waals surface area (Å²) in [4.78, 5) is 12.4. The second kappa shape index (κ2) is 8.79. The van der Waals surface area contributed by atoms with E-state index in [-0.39, 0.29) is 23.9 Å². The summed E-state index contributed by atoms with van der Waals surface area (Å²) in [6.07, 6.45) is 1.73. The summed E-state index contributed by atoms with van der Waals surface area (Å²) in [5.74, 6) is -0.0295. The van der Waals surface area contributed by atoms with Gasteiger partial charge in [-0.05, 0) is 12.1 Å². The van der Waals surface area contributed by atoms with E-state index in [1.165, 1.54) is 12.1 Å². The molecule has 6 heteroatoms. The van der Waals surface area contributed by atoms with Crippen molar-refractivity contribution >= 4 is 5.69 Å². The first-order valence-electron chi connectivity index (χ1n) is 7.54. The lowest BCUT2D eigenvalue weighted by atomic mass is 10.2. The molecule has 0 saturated carbocycles. The van der Waals surface area contributed by atoms with Gasteiger partial charge in [-0.3, -0.25) is 15.0 Å². The van der Waals surface area contributed by atoms with Crippen LogP contribution in [0.3, 0.4) is 0 Å². The zero-order valence-corrected chi connectivity index (χ0v) is 13.2. The maximum absolute atomic E-state index is 13.8. The monoisotopic (exact) mass is 330 g/mol. The van der Waals surface area contributed by atoms with Crippen molar-refractivity contribution < 1.29 is 14.1 Å². The lowest BCUT2D eigenvalue weighted by Gasteiger charge is -2.21. The van der Waals surface area contributed by atoms with Gasteiger partial charge >= 0.3 is 5.69 Å². The summed E-state index contributed by atoms with van der Waals surface area (Å²) in [6.45, 7) is 5.43. The van der Waals surface area contributed by atoms with Gasteiger partial charge < -0.3 is 4.74 Å². The Morgan fingerprint density at radius 1 is 1.21 bits per heavy atom. The summed E-state index contributed by atoms with van der Waals surface area (Å²) < 4.78 is 19.3. The Hall–Kier alpha value is -2.73. The number of nitro groups is 1. The standard InChI is InChI=1S/C18H19FN2O3/c1-2-11-20(14-15-7-3-4-8-16(15)19)12-13-24-18-10-6-5-9-17(18)21(22)23/h2-10H,1,11-14H2. The summed E-state index contributed by atoms with van der Waals surface area (Å²) >= 11 is 0. The maximum Gasteiger partial charge on any atom is 0.310 e. The lowest BCUT2D eigenvalue weighted by Crippen LogP contribution is -2.28. The van der Waals surface area contributed by atoms with Crippen molar-refractivity contribution in [2.45, 2.75) is 6.54 Å². The molecule has 0 bridgehead atoms. The molecule has 0 aliphatic rings. The number of rotatable bonds is 9. The van der Waals surface area contributed by atoms with E-state index in [4.69, 9.17) is 4.74 Å². The van der Waals surface area contributed by atoms with Gasteiger partial charge in [0.2, 0.25) is 0 Å². The van der Waals surface area contributed by atoms with E-state index in [1.807, 2.05) is 4.90 Å². The molecule has 126 valence electrons. The normalized spacial score (nSPS) is 10.6. The van der Waals surface area contributed by atoms with Gasteiger partial charge in [-0.15, -0.1) is 6.58 Å². The van der Waals surface area contributed by atoms with Crippen LogP contribution in [0, 0.1) is 15.9 Å². The van der Waals surface area contributed by atoms with Gasteiger partial charge in [0.15, 0.2) is 5.75 Å². The Morgan fingerprint density at radius 2 is 1.92 bits per heavy atom. The van der Waals surface area contributed by atoms with Crippen LogP contribution in [0.4, 0.5) is 10.1 Å². The quantitative estimate of drug-likeness (QED) is 0.399. The first kappa shape index (κ1) is 17.6. The van der Waals surface area contributed by atoms with Gasteiger partial charge in [0.05, 0.1) is 4.92 Å². The molecular weight excluding hydrogens is 311 g/mol. The largest absolute Gasteiger partial charge is 0.485 e. The van der Waals surface area contributed by atoms with Crippen molar-refractivity contribution in [1.29, 1.82) is 0 Å². The fraction of sp³-hybridized carbons (Fsp3) is 0.222. The second-order valence-electron chi connectivity index (χ2n) is 5.19. The van der Waals surface area contributed by atoms with E-state index in [2.05, 4.69) is 6.58 Å². The molecule has 2 aromatic carbocycles. The van der Waals surface area contributed by atoms with Crippen molar-refractivity contribution in [3.8, 4) is 5.75 Å². The molecule has 0 amide bonds. The molecule has 2 rings (SSSR count). The highest BCUT2D eigenvalue weighted by Gasteiger charge is 2.14. The van der Waals surface area contributed by atoms with Crippen LogP contribution in [-0.2, 0) is 6.54 Å². The van der Waals surface area contributed by atoms with Crippen LogP contribution in [0.25, 0.3) is 0 Å². The molecule has 0 heterocycles. The van der Waals surface area contributed by atoms with E-state index in [1.54, 1.807) is 42.5 Å². The van der Waals surface area contributed by atoms with Crippen LogP contribution < -0.4 is 4.74 Å². The molecule has 0 unspecified atom stereocenters. The first-order valence-corrected chi connectivity index (χ1v) is 7.54. The van der Waals surface area contributed by atoms with Crippen LogP contribution in [0.5, 0.6) is 5.75 Å². The van der Waals surface area contributed by atoms with Gasteiger partial charge in [0.1, 0.15) is 12.4 Å². The number of halogens is 1. The summed E-state index contributed by atoms with van der Waals surface area (Å²) in [7, 11) is 0. The average Bonchev–Trinajstić information content (AvgIpc) is 2.57. The summed E-state index contributed by atoms with van der Waals surface area (Å²) in [5.41, 5.74) is 0.520. The average molecular weight is 330 g/mol. The van der Waals surface area contributed by atoms with Crippen LogP contribution in [0.2, 0.25) is 0 Å². The Balaban J connectivity index is 1.96. The van der Waals surface area contributed by atoms with Crippen molar-refractivity contribution in [2.24, 2.45) is 0 Å². The van der Waals surface area contributed by atoms with E-state index in [9.17, 15) is 14.5 Å². The number of nitrogens with zero attached hydrogens (tertiary/aromatic N) is 2. The minimum atomic E-state index is -0.476. The molecule has 0 fully saturated rings. The fourth-order valence-corrected chi connectivity index (χ4v) is 2.30. The van der Waals surface area contributed by atoms with Gasteiger partial charge in [0.25, 0.3) is 0 Å².